The predicted octanol–water partition coefficient (Wildman–Crippen LogP) is 1.35. The average Bonchev–Trinajstić information content (AvgIpc) is 2.53. The number of carbonyl (C=O) groups excluding carboxylic acids is 1. The molecule has 0 saturated carbocycles. The van der Waals surface area contributed by atoms with Crippen molar-refractivity contribution in [3.63, 3.8) is 0 Å². The molecule has 0 radical (unpaired) electrons. The van der Waals surface area contributed by atoms with Crippen LogP contribution in [0.25, 0.3) is 0 Å². The second-order valence-corrected chi connectivity index (χ2v) is 6.02. The van der Waals surface area contributed by atoms with Crippen LogP contribution in [0.4, 0.5) is 0 Å². The third-order valence-electron chi connectivity index (χ3n) is 4.02. The molecule has 1 amide bonds. The summed E-state index contributed by atoms with van der Waals surface area (Å²) in [5.41, 5.74) is 6.77. The zero-order valence-electron chi connectivity index (χ0n) is 13.0. The van der Waals surface area contributed by atoms with Crippen LogP contribution < -0.4 is 5.73 Å². The number of carbonyl (C=O) groups is 1. The van der Waals surface area contributed by atoms with E-state index in [1.807, 2.05) is 23.1 Å². The van der Waals surface area contributed by atoms with E-state index in [1.165, 1.54) is 5.56 Å². The Morgan fingerprint density at radius 1 is 1.36 bits per heavy atom. The van der Waals surface area contributed by atoms with Gasteiger partial charge in [-0.05, 0) is 17.7 Å². The summed E-state index contributed by atoms with van der Waals surface area (Å²) in [6, 6.07) is 7.91. The zero-order chi connectivity index (χ0) is 15.9. The first kappa shape index (κ1) is 17.2. The third-order valence-corrected chi connectivity index (χ3v) is 4.25. The van der Waals surface area contributed by atoms with E-state index in [9.17, 15) is 4.79 Å². The summed E-state index contributed by atoms with van der Waals surface area (Å²) in [6.07, 6.45) is 0.179. The van der Waals surface area contributed by atoms with Crippen LogP contribution in [0, 0.1) is 0 Å². The standard InChI is InChI=1S/C16H24ClN3O2/c1-22-15(11-18)10-16(21)20-7-5-19(6-8-20)12-13-3-2-4-14(17)9-13/h2-4,9,15H,5-8,10-12,18H2,1H3. The van der Waals surface area contributed by atoms with Gasteiger partial charge in [0.2, 0.25) is 5.91 Å². The molecule has 0 spiro atoms. The Kier molecular flexibility index (Phi) is 6.64. The van der Waals surface area contributed by atoms with Crippen molar-refractivity contribution in [3.8, 4) is 0 Å². The highest BCUT2D eigenvalue weighted by molar-refractivity contribution is 6.30. The Morgan fingerprint density at radius 2 is 2.09 bits per heavy atom. The van der Waals surface area contributed by atoms with E-state index >= 15 is 0 Å². The van der Waals surface area contributed by atoms with Gasteiger partial charge >= 0.3 is 0 Å². The summed E-state index contributed by atoms with van der Waals surface area (Å²) in [7, 11) is 1.59. The van der Waals surface area contributed by atoms with Crippen molar-refractivity contribution in [3.05, 3.63) is 34.9 Å². The lowest BCUT2D eigenvalue weighted by Gasteiger charge is -2.35. The van der Waals surface area contributed by atoms with Crippen molar-refractivity contribution in [2.45, 2.75) is 19.1 Å². The first-order valence-corrected chi connectivity index (χ1v) is 7.97. The SMILES string of the molecule is COC(CN)CC(=O)N1CCN(Cc2cccc(Cl)c2)CC1. The van der Waals surface area contributed by atoms with Gasteiger partial charge in [-0.1, -0.05) is 23.7 Å². The van der Waals surface area contributed by atoms with E-state index in [2.05, 4.69) is 11.0 Å². The number of piperazine rings is 1. The van der Waals surface area contributed by atoms with Gasteiger partial charge in [0.25, 0.3) is 0 Å². The molecule has 2 rings (SSSR count). The Balaban J connectivity index is 1.79. The maximum Gasteiger partial charge on any atom is 0.225 e. The Hall–Kier alpha value is -1.14. The van der Waals surface area contributed by atoms with Crippen LogP contribution in [0.3, 0.4) is 0 Å². The van der Waals surface area contributed by atoms with Crippen molar-refractivity contribution in [2.75, 3.05) is 39.8 Å². The number of methoxy groups -OCH3 is 1. The molecule has 22 heavy (non-hydrogen) atoms. The molecule has 1 aromatic carbocycles. The van der Waals surface area contributed by atoms with Crippen LogP contribution in [0.2, 0.25) is 5.02 Å². The smallest absolute Gasteiger partial charge is 0.225 e. The van der Waals surface area contributed by atoms with Crippen LogP contribution in [-0.2, 0) is 16.1 Å². The number of hydrogen-bond donors (Lipinski definition) is 1. The summed E-state index contributed by atoms with van der Waals surface area (Å²) in [4.78, 5) is 16.4. The van der Waals surface area contributed by atoms with E-state index in [1.54, 1.807) is 7.11 Å². The molecule has 1 fully saturated rings. The molecule has 1 aliphatic heterocycles. The molecule has 1 atom stereocenters. The van der Waals surface area contributed by atoms with Crippen LogP contribution in [0.5, 0.6) is 0 Å². The molecule has 1 heterocycles. The average molecular weight is 326 g/mol. The summed E-state index contributed by atoms with van der Waals surface area (Å²) >= 11 is 6.01. The van der Waals surface area contributed by atoms with Crippen molar-refractivity contribution < 1.29 is 9.53 Å². The molecule has 5 nitrogen and oxygen atoms in total. The van der Waals surface area contributed by atoms with Crippen LogP contribution in [-0.4, -0.2) is 61.6 Å². The van der Waals surface area contributed by atoms with Gasteiger partial charge < -0.3 is 15.4 Å². The van der Waals surface area contributed by atoms with Gasteiger partial charge in [0.05, 0.1) is 12.5 Å². The van der Waals surface area contributed by atoms with Crippen molar-refractivity contribution in [1.29, 1.82) is 0 Å². The molecule has 1 saturated heterocycles. The minimum absolute atomic E-state index is 0.125. The van der Waals surface area contributed by atoms with Gasteiger partial charge in [-0.15, -0.1) is 0 Å². The van der Waals surface area contributed by atoms with Crippen molar-refractivity contribution >= 4 is 17.5 Å². The van der Waals surface area contributed by atoms with Crippen molar-refractivity contribution in [2.24, 2.45) is 5.73 Å². The highest BCUT2D eigenvalue weighted by Gasteiger charge is 2.23. The number of ether oxygens (including phenoxy) is 1. The maximum atomic E-state index is 12.2. The second kappa shape index (κ2) is 8.48. The molecule has 122 valence electrons. The highest BCUT2D eigenvalue weighted by atomic mass is 35.5. The second-order valence-electron chi connectivity index (χ2n) is 5.58. The van der Waals surface area contributed by atoms with Gasteiger partial charge in [0, 0.05) is 51.4 Å². The summed E-state index contributed by atoms with van der Waals surface area (Å²) in [6.45, 7) is 4.49. The van der Waals surface area contributed by atoms with Crippen molar-refractivity contribution in [1.82, 2.24) is 9.80 Å². The number of hydrogen-bond acceptors (Lipinski definition) is 4. The van der Waals surface area contributed by atoms with Crippen LogP contribution in [0.1, 0.15) is 12.0 Å². The fourth-order valence-electron chi connectivity index (χ4n) is 2.64. The minimum Gasteiger partial charge on any atom is -0.380 e. The zero-order valence-corrected chi connectivity index (χ0v) is 13.8. The largest absolute Gasteiger partial charge is 0.380 e. The number of amides is 1. The topological polar surface area (TPSA) is 58.8 Å². The van der Waals surface area contributed by atoms with Crippen LogP contribution >= 0.6 is 11.6 Å². The van der Waals surface area contributed by atoms with E-state index in [4.69, 9.17) is 22.1 Å². The van der Waals surface area contributed by atoms with Gasteiger partial charge in [-0.25, -0.2) is 0 Å². The fraction of sp³-hybridized carbons (Fsp3) is 0.562. The van der Waals surface area contributed by atoms with E-state index in [0.29, 0.717) is 13.0 Å². The third kappa shape index (κ3) is 4.95. The minimum atomic E-state index is -0.183. The van der Waals surface area contributed by atoms with E-state index < -0.39 is 0 Å². The Labute approximate surface area is 137 Å². The van der Waals surface area contributed by atoms with Gasteiger partial charge in [0.15, 0.2) is 0 Å². The monoisotopic (exact) mass is 325 g/mol. The lowest BCUT2D eigenvalue weighted by Crippen LogP contribution is -2.49. The van der Waals surface area contributed by atoms with Crippen LogP contribution in [0.15, 0.2) is 24.3 Å². The molecule has 0 bridgehead atoms. The molecule has 2 N–H and O–H groups in total. The normalized spacial score (nSPS) is 17.5. The van der Waals surface area contributed by atoms with Gasteiger partial charge in [-0.2, -0.15) is 0 Å². The lowest BCUT2D eigenvalue weighted by atomic mass is 10.2. The van der Waals surface area contributed by atoms with Gasteiger partial charge in [-0.3, -0.25) is 9.69 Å². The maximum absolute atomic E-state index is 12.2. The number of nitrogens with zero attached hydrogens (tertiary/aromatic N) is 2. The quantitative estimate of drug-likeness (QED) is 0.857. The molecule has 0 aromatic heterocycles. The number of halogens is 1. The molecule has 1 unspecified atom stereocenters. The lowest BCUT2D eigenvalue weighted by molar-refractivity contribution is -0.135. The molecular weight excluding hydrogens is 302 g/mol. The number of rotatable bonds is 6. The molecule has 0 aliphatic carbocycles. The fourth-order valence-corrected chi connectivity index (χ4v) is 2.85. The Bertz CT molecular complexity index is 486. The highest BCUT2D eigenvalue weighted by Crippen LogP contribution is 2.14. The van der Waals surface area contributed by atoms with E-state index in [-0.39, 0.29) is 12.0 Å². The molecular formula is C16H24ClN3O2. The summed E-state index contributed by atoms with van der Waals surface area (Å²) in [5, 5.41) is 0.763. The molecule has 1 aliphatic rings. The predicted molar refractivity (Wildman–Crippen MR) is 87.8 cm³/mol. The Morgan fingerprint density at radius 3 is 2.68 bits per heavy atom. The first-order valence-electron chi connectivity index (χ1n) is 7.60. The molecule has 1 aromatic rings. The first-order chi connectivity index (χ1) is 10.6. The van der Waals surface area contributed by atoms with Gasteiger partial charge in [0.1, 0.15) is 0 Å². The number of nitrogens with two attached hydrogens (primary N) is 1. The number of benzene rings is 1. The molecule has 6 heteroatoms. The van der Waals surface area contributed by atoms with E-state index in [0.717, 1.165) is 37.7 Å². The summed E-state index contributed by atoms with van der Waals surface area (Å²) < 4.78 is 5.18. The summed E-state index contributed by atoms with van der Waals surface area (Å²) in [5.74, 6) is 0.125.